The first-order valence-electron chi connectivity index (χ1n) is 4.60. The van der Waals surface area contributed by atoms with E-state index in [1.165, 1.54) is 4.57 Å². The third-order valence-corrected chi connectivity index (χ3v) is 1.99. The summed E-state index contributed by atoms with van der Waals surface area (Å²) in [5, 5.41) is 0. The largest absolute Gasteiger partial charge is 0.356 e. The van der Waals surface area contributed by atoms with Crippen LogP contribution in [-0.4, -0.2) is 15.1 Å². The second-order valence-corrected chi connectivity index (χ2v) is 2.90. The van der Waals surface area contributed by atoms with E-state index in [1.54, 1.807) is 22.5 Å². The van der Waals surface area contributed by atoms with E-state index >= 15 is 0 Å². The van der Waals surface area contributed by atoms with E-state index in [1.807, 2.05) is 6.92 Å². The second-order valence-electron chi connectivity index (χ2n) is 2.90. The molecule has 84 valence electrons. The summed E-state index contributed by atoms with van der Waals surface area (Å²) in [5.41, 5.74) is 1.66. The van der Waals surface area contributed by atoms with Gasteiger partial charge in [-0.05, 0) is 6.92 Å². The minimum absolute atomic E-state index is 0.0951. The molecule has 0 radical (unpaired) electrons. The average Bonchev–Trinajstić information content (AvgIpc) is 2.57. The number of hydrogen-bond acceptors (Lipinski definition) is 5. The molecule has 0 aliphatic rings. The summed E-state index contributed by atoms with van der Waals surface area (Å²) in [7, 11) is 0. The number of nitrogens with zero attached hydrogens (tertiary/aromatic N) is 2. The highest BCUT2D eigenvalue weighted by molar-refractivity contribution is 5.68. The molecule has 1 aromatic heterocycles. The van der Waals surface area contributed by atoms with Crippen LogP contribution in [0.1, 0.15) is 13.3 Å². The predicted octanol–water partition coefficient (Wildman–Crippen LogP) is -1.02. The molecule has 1 heterocycles. The molecule has 0 amide bonds. The summed E-state index contributed by atoms with van der Waals surface area (Å²) in [5.74, 6) is 4.28. The lowest BCUT2D eigenvalue weighted by molar-refractivity contribution is -0.151. The van der Waals surface area contributed by atoms with Gasteiger partial charge in [0.1, 0.15) is 0 Å². The molecule has 1 rings (SSSR count). The zero-order valence-electron chi connectivity index (χ0n) is 8.47. The van der Waals surface area contributed by atoms with Gasteiger partial charge in [-0.3, -0.25) is 13.9 Å². The Hall–Kier alpha value is -1.60. The summed E-state index contributed by atoms with van der Waals surface area (Å²) in [6.07, 6.45) is 3.40. The van der Waals surface area contributed by atoms with Gasteiger partial charge in [0.15, 0.2) is 0 Å². The number of aromatic nitrogens is 2. The van der Waals surface area contributed by atoms with E-state index in [2.05, 4.69) is 4.84 Å². The molecule has 0 aromatic carbocycles. The molecule has 3 N–H and O–H groups in total. The van der Waals surface area contributed by atoms with Crippen molar-refractivity contribution in [3.05, 3.63) is 22.9 Å². The summed E-state index contributed by atoms with van der Waals surface area (Å²) >= 11 is 0. The van der Waals surface area contributed by atoms with E-state index in [9.17, 15) is 9.59 Å². The van der Waals surface area contributed by atoms with Crippen LogP contribution in [0.4, 0.5) is 0 Å². The number of rotatable bonds is 5. The summed E-state index contributed by atoms with van der Waals surface area (Å²) in [6, 6.07) is 0. The van der Waals surface area contributed by atoms with Crippen LogP contribution in [0.3, 0.4) is 0 Å². The summed E-state index contributed by atoms with van der Waals surface area (Å²) in [4.78, 5) is 26.7. The lowest BCUT2D eigenvalue weighted by Crippen LogP contribution is -2.28. The molecule has 0 aliphatic heterocycles. The van der Waals surface area contributed by atoms with Crippen molar-refractivity contribution in [2.75, 3.05) is 0 Å². The van der Waals surface area contributed by atoms with Crippen molar-refractivity contribution in [1.29, 1.82) is 0 Å². The Balaban J connectivity index is 2.54. The molecule has 0 unspecified atom stereocenters. The molecule has 15 heavy (non-hydrogen) atoms. The zero-order valence-corrected chi connectivity index (χ0v) is 8.47. The average molecular weight is 214 g/mol. The van der Waals surface area contributed by atoms with Crippen molar-refractivity contribution < 1.29 is 9.63 Å². The monoisotopic (exact) mass is 214 g/mol. The first-order chi connectivity index (χ1) is 7.19. The number of nitrogens with one attached hydrogen (secondary N) is 1. The van der Waals surface area contributed by atoms with E-state index in [-0.39, 0.29) is 18.7 Å². The number of hydrazine groups is 1. The van der Waals surface area contributed by atoms with Crippen LogP contribution >= 0.6 is 0 Å². The van der Waals surface area contributed by atoms with E-state index < -0.39 is 5.97 Å². The van der Waals surface area contributed by atoms with Crippen LogP contribution in [0.2, 0.25) is 0 Å². The van der Waals surface area contributed by atoms with Gasteiger partial charge in [0.05, 0.1) is 6.42 Å². The molecule has 0 spiro atoms. The molecule has 0 bridgehead atoms. The van der Waals surface area contributed by atoms with Crippen LogP contribution in [-0.2, 0) is 22.7 Å². The standard InChI is InChI=1S/C8H14N4O3/c1-2-11-5-6-12(8(11)14)4-3-7(13)15-10-9/h5-6,10H,2-4,9H2,1H3. The van der Waals surface area contributed by atoms with Gasteiger partial charge in [0.25, 0.3) is 0 Å². The minimum Gasteiger partial charge on any atom is -0.356 e. The minimum atomic E-state index is -0.506. The van der Waals surface area contributed by atoms with Crippen molar-refractivity contribution in [3.63, 3.8) is 0 Å². The Kier molecular flexibility index (Phi) is 4.07. The number of imidazole rings is 1. The second kappa shape index (κ2) is 5.32. The molecule has 0 atom stereocenters. The number of aryl methyl sites for hydroxylation is 2. The summed E-state index contributed by atoms with van der Waals surface area (Å²) < 4.78 is 2.99. The van der Waals surface area contributed by atoms with Crippen molar-refractivity contribution in [1.82, 2.24) is 14.7 Å². The maximum absolute atomic E-state index is 11.5. The molecular weight excluding hydrogens is 200 g/mol. The number of nitrogens with two attached hydrogens (primary N) is 1. The normalized spacial score (nSPS) is 10.3. The highest BCUT2D eigenvalue weighted by Crippen LogP contribution is 1.90. The molecule has 0 saturated heterocycles. The van der Waals surface area contributed by atoms with Gasteiger partial charge in [-0.25, -0.2) is 10.6 Å². The molecule has 0 saturated carbocycles. The third-order valence-electron chi connectivity index (χ3n) is 1.99. The highest BCUT2D eigenvalue weighted by Gasteiger charge is 2.05. The smallest absolute Gasteiger partial charge is 0.328 e. The lowest BCUT2D eigenvalue weighted by atomic mass is 10.4. The maximum Gasteiger partial charge on any atom is 0.328 e. The third kappa shape index (κ3) is 2.93. The summed E-state index contributed by atoms with van der Waals surface area (Å²) in [6.45, 7) is 2.77. The topological polar surface area (TPSA) is 91.3 Å². The van der Waals surface area contributed by atoms with Crippen LogP contribution in [0.5, 0.6) is 0 Å². The van der Waals surface area contributed by atoms with Gasteiger partial charge >= 0.3 is 11.7 Å². The Bertz CT molecular complexity index is 381. The molecule has 0 fully saturated rings. The molecule has 1 aromatic rings. The van der Waals surface area contributed by atoms with E-state index in [0.29, 0.717) is 6.54 Å². The number of carbonyl (C=O) groups is 1. The van der Waals surface area contributed by atoms with Crippen molar-refractivity contribution in [2.24, 2.45) is 5.84 Å². The Morgan fingerprint density at radius 2 is 2.20 bits per heavy atom. The van der Waals surface area contributed by atoms with Crippen molar-refractivity contribution >= 4 is 5.97 Å². The Morgan fingerprint density at radius 1 is 1.53 bits per heavy atom. The van der Waals surface area contributed by atoms with Gasteiger partial charge < -0.3 is 4.84 Å². The Morgan fingerprint density at radius 3 is 2.73 bits per heavy atom. The van der Waals surface area contributed by atoms with Crippen LogP contribution in [0, 0.1) is 0 Å². The molecule has 0 aliphatic carbocycles. The van der Waals surface area contributed by atoms with Gasteiger partial charge in [0.2, 0.25) is 0 Å². The molecular formula is C8H14N4O3. The van der Waals surface area contributed by atoms with Crippen LogP contribution in [0.15, 0.2) is 17.2 Å². The van der Waals surface area contributed by atoms with Gasteiger partial charge in [-0.15, -0.1) is 0 Å². The molecule has 7 nitrogen and oxygen atoms in total. The fourth-order valence-electron chi connectivity index (χ4n) is 1.19. The van der Waals surface area contributed by atoms with Crippen molar-refractivity contribution in [2.45, 2.75) is 26.4 Å². The first-order valence-corrected chi connectivity index (χ1v) is 4.60. The lowest BCUT2D eigenvalue weighted by Gasteiger charge is -2.01. The fraction of sp³-hybridized carbons (Fsp3) is 0.500. The van der Waals surface area contributed by atoms with Crippen LogP contribution < -0.4 is 17.1 Å². The van der Waals surface area contributed by atoms with Crippen molar-refractivity contribution in [3.8, 4) is 0 Å². The zero-order chi connectivity index (χ0) is 11.3. The number of carbonyl (C=O) groups excluding carboxylic acids is 1. The quantitative estimate of drug-likeness (QED) is 0.483. The highest BCUT2D eigenvalue weighted by atomic mass is 16.7. The van der Waals surface area contributed by atoms with Crippen LogP contribution in [0.25, 0.3) is 0 Å². The van der Waals surface area contributed by atoms with Gasteiger partial charge in [0, 0.05) is 25.5 Å². The Labute approximate surface area is 86.4 Å². The van der Waals surface area contributed by atoms with Gasteiger partial charge in [-0.2, -0.15) is 0 Å². The molecule has 7 heteroatoms. The maximum atomic E-state index is 11.5. The van der Waals surface area contributed by atoms with E-state index in [4.69, 9.17) is 5.84 Å². The SMILES string of the molecule is CCn1ccn(CCC(=O)ONN)c1=O. The first kappa shape index (κ1) is 11.5. The van der Waals surface area contributed by atoms with E-state index in [0.717, 1.165) is 0 Å². The predicted molar refractivity (Wildman–Crippen MR) is 52.4 cm³/mol. The van der Waals surface area contributed by atoms with Gasteiger partial charge in [-0.1, -0.05) is 5.59 Å². The number of hydrogen-bond donors (Lipinski definition) is 2. The fourth-order valence-corrected chi connectivity index (χ4v) is 1.19.